The molecule has 6 heteroatoms. The Balaban J connectivity index is 2.00. The molecule has 0 bridgehead atoms. The molecule has 0 atom stereocenters. The van der Waals surface area contributed by atoms with Crippen LogP contribution < -0.4 is 5.32 Å². The lowest BCUT2D eigenvalue weighted by Gasteiger charge is -2.26. The van der Waals surface area contributed by atoms with Crippen molar-refractivity contribution in [3.63, 3.8) is 0 Å². The maximum atomic E-state index is 12.4. The molecule has 26 heavy (non-hydrogen) atoms. The molecule has 0 aliphatic carbocycles. The van der Waals surface area contributed by atoms with Gasteiger partial charge >= 0.3 is 0 Å². The van der Waals surface area contributed by atoms with Gasteiger partial charge < -0.3 is 10.1 Å². The van der Waals surface area contributed by atoms with Crippen molar-refractivity contribution in [1.29, 1.82) is 5.26 Å². The van der Waals surface area contributed by atoms with Gasteiger partial charge in [0.2, 0.25) is 0 Å². The minimum absolute atomic E-state index is 0.0527. The lowest BCUT2D eigenvalue weighted by Crippen LogP contribution is -2.41. The molecule has 1 saturated heterocycles. The molecule has 0 radical (unpaired) electrons. The first-order chi connectivity index (χ1) is 12.4. The molecule has 1 heterocycles. The summed E-state index contributed by atoms with van der Waals surface area (Å²) in [6.45, 7) is 11.0. The van der Waals surface area contributed by atoms with Gasteiger partial charge in [-0.1, -0.05) is 39.0 Å². The van der Waals surface area contributed by atoms with Crippen molar-refractivity contribution in [3.8, 4) is 6.07 Å². The van der Waals surface area contributed by atoms with Gasteiger partial charge in [-0.2, -0.15) is 5.26 Å². The molecular weight excluding hydrogens is 346 g/mol. The molecule has 0 saturated carbocycles. The third-order valence-corrected chi connectivity index (χ3v) is 5.02. The molecule has 1 aliphatic rings. The Labute approximate surface area is 160 Å². The molecule has 0 aromatic heterocycles. The lowest BCUT2D eigenvalue weighted by molar-refractivity contribution is -0.117. The third-order valence-electron chi connectivity index (χ3n) is 3.82. The van der Waals surface area contributed by atoms with E-state index >= 15 is 0 Å². The smallest absolute Gasteiger partial charge is 0.261 e. The number of nitrogens with one attached hydrogen (secondary N) is 1. The Morgan fingerprint density at radius 2 is 2.04 bits per heavy atom. The SMILES string of the molecule is CC(C)(C)Sc1ccccc1/C=C(\C#N)C(=O)NCCN1CCOCC1. The van der Waals surface area contributed by atoms with E-state index in [1.54, 1.807) is 17.8 Å². The number of carbonyl (C=O) groups is 1. The van der Waals surface area contributed by atoms with Crippen LogP contribution in [0.25, 0.3) is 6.08 Å². The van der Waals surface area contributed by atoms with Crippen LogP contribution >= 0.6 is 11.8 Å². The number of thioether (sulfide) groups is 1. The van der Waals surface area contributed by atoms with Crippen LogP contribution in [0.15, 0.2) is 34.7 Å². The summed E-state index contributed by atoms with van der Waals surface area (Å²) < 4.78 is 5.36. The van der Waals surface area contributed by atoms with Gasteiger partial charge in [-0.05, 0) is 17.7 Å². The largest absolute Gasteiger partial charge is 0.379 e. The Morgan fingerprint density at radius 1 is 1.35 bits per heavy atom. The summed E-state index contributed by atoms with van der Waals surface area (Å²) in [6, 6.07) is 9.89. The molecule has 1 aliphatic heterocycles. The van der Waals surface area contributed by atoms with Gasteiger partial charge in [-0.15, -0.1) is 11.8 Å². The number of hydrogen-bond acceptors (Lipinski definition) is 5. The maximum absolute atomic E-state index is 12.4. The summed E-state index contributed by atoms with van der Waals surface area (Å²) >= 11 is 1.72. The molecule has 1 aromatic carbocycles. The molecule has 0 unspecified atom stereocenters. The van der Waals surface area contributed by atoms with Crippen molar-refractivity contribution in [2.45, 2.75) is 30.4 Å². The standard InChI is InChI=1S/C20H27N3O2S/c1-20(2,3)26-18-7-5-4-6-16(18)14-17(15-21)19(24)22-8-9-23-10-12-25-13-11-23/h4-7,14H,8-13H2,1-3H3,(H,22,24)/b17-14+. The van der Waals surface area contributed by atoms with Crippen LogP contribution in [0.1, 0.15) is 26.3 Å². The molecule has 1 fully saturated rings. The fourth-order valence-electron chi connectivity index (χ4n) is 2.57. The van der Waals surface area contributed by atoms with E-state index in [1.165, 1.54) is 0 Å². The van der Waals surface area contributed by atoms with Crippen LogP contribution in [0, 0.1) is 11.3 Å². The molecule has 1 N–H and O–H groups in total. The highest BCUT2D eigenvalue weighted by Gasteiger charge is 2.16. The Hall–Kier alpha value is -1.81. The van der Waals surface area contributed by atoms with Crippen molar-refractivity contribution in [2.24, 2.45) is 0 Å². The lowest BCUT2D eigenvalue weighted by atomic mass is 10.1. The van der Waals surface area contributed by atoms with Gasteiger partial charge in [0.05, 0.1) is 13.2 Å². The number of hydrogen-bond donors (Lipinski definition) is 1. The fourth-order valence-corrected chi connectivity index (χ4v) is 3.63. The van der Waals surface area contributed by atoms with Crippen LogP contribution in [0.5, 0.6) is 0 Å². The summed E-state index contributed by atoms with van der Waals surface area (Å²) in [6.07, 6.45) is 1.68. The van der Waals surface area contributed by atoms with Crippen molar-refractivity contribution in [2.75, 3.05) is 39.4 Å². The second kappa shape index (κ2) is 9.77. The predicted molar refractivity (Wildman–Crippen MR) is 106 cm³/mol. The quantitative estimate of drug-likeness (QED) is 0.472. The number of ether oxygens (including phenoxy) is 1. The minimum atomic E-state index is -0.323. The highest BCUT2D eigenvalue weighted by Crippen LogP contribution is 2.34. The van der Waals surface area contributed by atoms with E-state index in [-0.39, 0.29) is 16.2 Å². The topological polar surface area (TPSA) is 65.4 Å². The number of nitriles is 1. The first-order valence-corrected chi connectivity index (χ1v) is 9.69. The number of amides is 1. The maximum Gasteiger partial charge on any atom is 0.261 e. The van der Waals surface area contributed by atoms with E-state index in [2.05, 4.69) is 31.0 Å². The molecule has 2 rings (SSSR count). The van der Waals surface area contributed by atoms with Gasteiger partial charge in [0.25, 0.3) is 5.91 Å². The third kappa shape index (κ3) is 6.83. The Bertz CT molecular complexity index is 683. The number of benzene rings is 1. The van der Waals surface area contributed by atoms with Crippen LogP contribution in [0.2, 0.25) is 0 Å². The number of morpholine rings is 1. The van der Waals surface area contributed by atoms with Crippen LogP contribution in [0.4, 0.5) is 0 Å². The average molecular weight is 374 g/mol. The van der Waals surface area contributed by atoms with E-state index in [4.69, 9.17) is 4.74 Å². The highest BCUT2D eigenvalue weighted by atomic mass is 32.2. The molecule has 140 valence electrons. The normalized spacial score (nSPS) is 16.2. The fraction of sp³-hybridized carbons (Fsp3) is 0.500. The second-order valence-electron chi connectivity index (χ2n) is 7.13. The summed E-state index contributed by atoms with van der Waals surface area (Å²) in [5.41, 5.74) is 1.03. The molecular formula is C20H27N3O2S. The van der Waals surface area contributed by atoms with Gasteiger partial charge in [0, 0.05) is 35.8 Å². The first kappa shape index (κ1) is 20.5. The van der Waals surface area contributed by atoms with Gasteiger partial charge in [-0.3, -0.25) is 9.69 Å². The van der Waals surface area contributed by atoms with Gasteiger partial charge in [0.15, 0.2) is 0 Å². The minimum Gasteiger partial charge on any atom is -0.379 e. The Kier molecular flexibility index (Phi) is 7.70. The molecule has 5 nitrogen and oxygen atoms in total. The monoisotopic (exact) mass is 373 g/mol. The molecule has 1 amide bonds. The summed E-state index contributed by atoms with van der Waals surface area (Å²) in [5, 5.41) is 12.3. The van der Waals surface area contributed by atoms with Crippen LogP contribution in [-0.4, -0.2) is 54.9 Å². The van der Waals surface area contributed by atoms with E-state index in [9.17, 15) is 10.1 Å². The van der Waals surface area contributed by atoms with Gasteiger partial charge in [0.1, 0.15) is 11.6 Å². The van der Waals surface area contributed by atoms with E-state index in [0.29, 0.717) is 6.54 Å². The second-order valence-corrected chi connectivity index (χ2v) is 9.00. The van der Waals surface area contributed by atoms with Gasteiger partial charge in [-0.25, -0.2) is 0 Å². The van der Waals surface area contributed by atoms with Crippen molar-refractivity contribution < 1.29 is 9.53 Å². The number of carbonyl (C=O) groups excluding carboxylic acids is 1. The molecule has 1 aromatic rings. The zero-order valence-corrected chi connectivity index (χ0v) is 16.6. The van der Waals surface area contributed by atoms with E-state index in [1.807, 2.05) is 30.3 Å². The van der Waals surface area contributed by atoms with Crippen LogP contribution in [-0.2, 0) is 9.53 Å². The highest BCUT2D eigenvalue weighted by molar-refractivity contribution is 8.00. The molecule has 0 spiro atoms. The van der Waals surface area contributed by atoms with Crippen LogP contribution in [0.3, 0.4) is 0 Å². The Morgan fingerprint density at radius 3 is 2.69 bits per heavy atom. The van der Waals surface area contributed by atoms with Crippen molar-refractivity contribution >= 4 is 23.7 Å². The average Bonchev–Trinajstić information content (AvgIpc) is 2.60. The summed E-state index contributed by atoms with van der Waals surface area (Å²) in [4.78, 5) is 15.7. The van der Waals surface area contributed by atoms with E-state index < -0.39 is 0 Å². The zero-order chi connectivity index (χ0) is 19.0. The van der Waals surface area contributed by atoms with Crippen molar-refractivity contribution in [3.05, 3.63) is 35.4 Å². The predicted octanol–water partition coefficient (Wildman–Crippen LogP) is 2.93. The first-order valence-electron chi connectivity index (χ1n) is 8.87. The number of nitrogens with zero attached hydrogens (tertiary/aromatic N) is 2. The number of rotatable bonds is 6. The van der Waals surface area contributed by atoms with E-state index in [0.717, 1.165) is 43.3 Å². The summed E-state index contributed by atoms with van der Waals surface area (Å²) in [5.74, 6) is -0.323. The zero-order valence-electron chi connectivity index (χ0n) is 15.7. The summed E-state index contributed by atoms with van der Waals surface area (Å²) in [7, 11) is 0. The van der Waals surface area contributed by atoms with Crippen molar-refractivity contribution in [1.82, 2.24) is 10.2 Å².